The van der Waals surface area contributed by atoms with Crippen molar-refractivity contribution in [3.8, 4) is 0 Å². The molecule has 1 aromatic carbocycles. The molecule has 0 radical (unpaired) electrons. The maximum Gasteiger partial charge on any atom is 0.150 e. The first-order valence-corrected chi connectivity index (χ1v) is 8.73. The van der Waals surface area contributed by atoms with Gasteiger partial charge in [-0.3, -0.25) is 4.98 Å². The van der Waals surface area contributed by atoms with Gasteiger partial charge >= 0.3 is 0 Å². The Bertz CT molecular complexity index is 693. The molecule has 20 heavy (non-hydrogen) atoms. The van der Waals surface area contributed by atoms with Crippen molar-refractivity contribution in [1.29, 1.82) is 0 Å². The van der Waals surface area contributed by atoms with Gasteiger partial charge in [-0.05, 0) is 30.5 Å². The number of rotatable bonds is 3. The van der Waals surface area contributed by atoms with Crippen LogP contribution in [-0.4, -0.2) is 30.9 Å². The Balaban J connectivity index is 1.69. The highest BCUT2D eigenvalue weighted by atomic mass is 32.2. The van der Waals surface area contributed by atoms with E-state index in [1.165, 1.54) is 5.56 Å². The highest BCUT2D eigenvalue weighted by Crippen LogP contribution is 2.17. The molecule has 0 saturated carbocycles. The number of hydrogen-bond acceptors (Lipinski definition) is 4. The second-order valence-corrected chi connectivity index (χ2v) is 7.60. The fourth-order valence-electron chi connectivity index (χ4n) is 2.66. The molecule has 1 saturated heterocycles. The summed E-state index contributed by atoms with van der Waals surface area (Å²) in [6, 6.07) is 10.4. The summed E-state index contributed by atoms with van der Waals surface area (Å²) in [5.74, 6) is 0.615. The third kappa shape index (κ3) is 2.99. The van der Waals surface area contributed by atoms with Gasteiger partial charge in [0.2, 0.25) is 0 Å². The molecule has 106 valence electrons. The van der Waals surface area contributed by atoms with Crippen molar-refractivity contribution in [3.63, 3.8) is 0 Å². The Morgan fingerprint density at radius 3 is 2.70 bits per heavy atom. The molecule has 1 aromatic heterocycles. The predicted octanol–water partition coefficient (Wildman–Crippen LogP) is 1.90. The first-order chi connectivity index (χ1) is 9.64. The molecule has 3 rings (SSSR count). The summed E-state index contributed by atoms with van der Waals surface area (Å²) < 4.78 is 22.8. The van der Waals surface area contributed by atoms with Crippen molar-refractivity contribution in [1.82, 2.24) is 10.3 Å². The quantitative estimate of drug-likeness (QED) is 0.938. The van der Waals surface area contributed by atoms with Crippen LogP contribution in [0.3, 0.4) is 0 Å². The summed E-state index contributed by atoms with van der Waals surface area (Å²) >= 11 is 0. The third-order valence-corrected chi connectivity index (χ3v) is 5.59. The van der Waals surface area contributed by atoms with E-state index in [1.54, 1.807) is 0 Å². The van der Waals surface area contributed by atoms with Gasteiger partial charge in [0.1, 0.15) is 9.84 Å². The van der Waals surface area contributed by atoms with E-state index in [4.69, 9.17) is 0 Å². The zero-order valence-electron chi connectivity index (χ0n) is 11.2. The van der Waals surface area contributed by atoms with Crippen LogP contribution in [0.4, 0.5) is 0 Å². The molecule has 0 unspecified atom stereocenters. The highest BCUT2D eigenvalue weighted by molar-refractivity contribution is 7.91. The van der Waals surface area contributed by atoms with Crippen molar-refractivity contribution in [2.75, 3.05) is 11.5 Å². The molecule has 5 heteroatoms. The molecule has 1 N–H and O–H groups in total. The van der Waals surface area contributed by atoms with Crippen LogP contribution in [0.1, 0.15) is 18.4 Å². The number of aromatic nitrogens is 1. The molecule has 0 amide bonds. The lowest BCUT2D eigenvalue weighted by molar-refractivity contribution is 0.463. The normalized spacial score (nSPS) is 19.2. The van der Waals surface area contributed by atoms with E-state index in [1.807, 2.05) is 30.5 Å². The largest absolute Gasteiger partial charge is 0.310 e. The van der Waals surface area contributed by atoms with Gasteiger partial charge in [-0.25, -0.2) is 8.42 Å². The summed E-state index contributed by atoms with van der Waals surface area (Å²) in [6.45, 7) is 0.758. The molecule has 0 bridgehead atoms. The van der Waals surface area contributed by atoms with E-state index < -0.39 is 9.84 Å². The molecule has 4 nitrogen and oxygen atoms in total. The van der Waals surface area contributed by atoms with Gasteiger partial charge in [-0.15, -0.1) is 0 Å². The zero-order chi connectivity index (χ0) is 14.0. The third-order valence-electron chi connectivity index (χ3n) is 3.88. The Labute approximate surface area is 119 Å². The topological polar surface area (TPSA) is 59.1 Å². The SMILES string of the molecule is O=S1(=O)CCC(NCc2ccnc3ccccc23)CC1. The first-order valence-electron chi connectivity index (χ1n) is 6.90. The average molecular weight is 290 g/mol. The summed E-state index contributed by atoms with van der Waals surface area (Å²) in [4.78, 5) is 4.35. The fourth-order valence-corrected chi connectivity index (χ4v) is 4.15. The Kier molecular flexibility index (Phi) is 3.72. The number of nitrogens with one attached hydrogen (secondary N) is 1. The van der Waals surface area contributed by atoms with Gasteiger partial charge in [0.25, 0.3) is 0 Å². The van der Waals surface area contributed by atoms with Gasteiger partial charge in [-0.2, -0.15) is 0 Å². The van der Waals surface area contributed by atoms with E-state index in [2.05, 4.69) is 16.4 Å². The van der Waals surface area contributed by atoms with Crippen molar-refractivity contribution in [2.24, 2.45) is 0 Å². The highest BCUT2D eigenvalue weighted by Gasteiger charge is 2.23. The minimum Gasteiger partial charge on any atom is -0.310 e. The maximum absolute atomic E-state index is 11.4. The van der Waals surface area contributed by atoms with Crippen molar-refractivity contribution in [3.05, 3.63) is 42.1 Å². The van der Waals surface area contributed by atoms with Gasteiger partial charge in [-0.1, -0.05) is 18.2 Å². The van der Waals surface area contributed by atoms with Gasteiger partial charge < -0.3 is 5.32 Å². The zero-order valence-corrected chi connectivity index (χ0v) is 12.1. The van der Waals surface area contributed by atoms with Crippen LogP contribution in [0.25, 0.3) is 10.9 Å². The molecular formula is C15H18N2O2S. The average Bonchev–Trinajstić information content (AvgIpc) is 2.46. The molecule has 0 spiro atoms. The number of hydrogen-bond donors (Lipinski definition) is 1. The molecule has 0 aliphatic carbocycles. The van der Waals surface area contributed by atoms with Crippen LogP contribution in [0.15, 0.2) is 36.5 Å². The van der Waals surface area contributed by atoms with Crippen LogP contribution >= 0.6 is 0 Å². The van der Waals surface area contributed by atoms with Gasteiger partial charge in [0.15, 0.2) is 0 Å². The maximum atomic E-state index is 11.4. The van der Waals surface area contributed by atoms with E-state index >= 15 is 0 Å². The van der Waals surface area contributed by atoms with Crippen LogP contribution < -0.4 is 5.32 Å². The lowest BCUT2D eigenvalue weighted by atomic mass is 10.1. The van der Waals surface area contributed by atoms with Crippen molar-refractivity contribution < 1.29 is 8.42 Å². The van der Waals surface area contributed by atoms with Crippen LogP contribution in [0.5, 0.6) is 0 Å². The predicted molar refractivity (Wildman–Crippen MR) is 80.3 cm³/mol. The van der Waals surface area contributed by atoms with Crippen molar-refractivity contribution >= 4 is 20.7 Å². The molecule has 0 atom stereocenters. The van der Waals surface area contributed by atoms with Gasteiger partial charge in [0, 0.05) is 24.2 Å². The second kappa shape index (κ2) is 5.50. The Morgan fingerprint density at radius 2 is 1.90 bits per heavy atom. The number of sulfone groups is 1. The molecule has 1 aliphatic heterocycles. The molecule has 2 heterocycles. The number of benzene rings is 1. The van der Waals surface area contributed by atoms with Crippen LogP contribution in [0.2, 0.25) is 0 Å². The molecule has 1 aliphatic rings. The van der Waals surface area contributed by atoms with E-state index in [0.717, 1.165) is 17.4 Å². The number of nitrogens with zero attached hydrogens (tertiary/aromatic N) is 1. The minimum absolute atomic E-state index is 0.297. The van der Waals surface area contributed by atoms with Crippen LogP contribution in [-0.2, 0) is 16.4 Å². The summed E-state index contributed by atoms with van der Waals surface area (Å²) in [6.07, 6.45) is 3.25. The Morgan fingerprint density at radius 1 is 1.15 bits per heavy atom. The summed E-state index contributed by atoms with van der Waals surface area (Å²) in [5.41, 5.74) is 2.21. The lowest BCUT2D eigenvalue weighted by Crippen LogP contribution is -2.37. The Hall–Kier alpha value is -1.46. The summed E-state index contributed by atoms with van der Waals surface area (Å²) in [7, 11) is -2.78. The monoisotopic (exact) mass is 290 g/mol. The standard InChI is InChI=1S/C15H18N2O2S/c18-20(19)9-6-13(7-10-20)17-11-12-5-8-16-15-4-2-1-3-14(12)15/h1-5,8,13,17H,6-7,9-11H2. The smallest absolute Gasteiger partial charge is 0.150 e. The lowest BCUT2D eigenvalue weighted by Gasteiger charge is -2.23. The van der Waals surface area contributed by atoms with Crippen LogP contribution in [0, 0.1) is 0 Å². The number of pyridine rings is 1. The molecule has 1 fully saturated rings. The number of para-hydroxylation sites is 1. The molecule has 2 aromatic rings. The van der Waals surface area contributed by atoms with E-state index in [9.17, 15) is 8.42 Å². The molecular weight excluding hydrogens is 272 g/mol. The van der Waals surface area contributed by atoms with E-state index in [0.29, 0.717) is 30.4 Å². The first kappa shape index (κ1) is 13.5. The summed E-state index contributed by atoms with van der Waals surface area (Å²) in [5, 5.41) is 4.63. The second-order valence-electron chi connectivity index (χ2n) is 5.29. The van der Waals surface area contributed by atoms with E-state index in [-0.39, 0.29) is 0 Å². The fraction of sp³-hybridized carbons (Fsp3) is 0.400. The minimum atomic E-state index is -2.78. The number of fused-ring (bicyclic) bond motifs is 1. The van der Waals surface area contributed by atoms with Crippen molar-refractivity contribution in [2.45, 2.75) is 25.4 Å². The van der Waals surface area contributed by atoms with Gasteiger partial charge in [0.05, 0.1) is 17.0 Å².